The van der Waals surface area contributed by atoms with Crippen molar-refractivity contribution in [3.05, 3.63) is 55.1 Å². The molecule has 23 heavy (non-hydrogen) atoms. The van der Waals surface area contributed by atoms with Crippen LogP contribution in [-0.4, -0.2) is 19.7 Å². The molecule has 0 bridgehead atoms. The Bertz CT molecular complexity index is 603. The fourth-order valence-corrected chi connectivity index (χ4v) is 2.74. The number of methoxy groups -OCH3 is 1. The van der Waals surface area contributed by atoms with Gasteiger partial charge < -0.3 is 9.47 Å². The summed E-state index contributed by atoms with van der Waals surface area (Å²) in [7, 11) is 1.57. The number of carbonyl (C=O) groups is 1. The van der Waals surface area contributed by atoms with Crippen molar-refractivity contribution in [2.24, 2.45) is 5.41 Å². The van der Waals surface area contributed by atoms with Crippen molar-refractivity contribution in [1.82, 2.24) is 0 Å². The van der Waals surface area contributed by atoms with E-state index in [1.807, 2.05) is 24.3 Å². The number of benzene rings is 1. The quantitative estimate of drug-likeness (QED) is 0.510. The zero-order valence-electron chi connectivity index (χ0n) is 13.7. The van der Waals surface area contributed by atoms with Gasteiger partial charge >= 0.3 is 5.97 Å². The minimum Gasteiger partial charge on any atom is -0.496 e. The molecule has 122 valence electrons. The molecule has 0 aliphatic carbocycles. The fraction of sp³-hybridized carbons (Fsp3) is 0.368. The predicted octanol–water partition coefficient (Wildman–Crippen LogP) is 4.00. The Kier molecular flexibility index (Phi) is 7.08. The highest BCUT2D eigenvalue weighted by atomic mass is 16.5. The Balaban J connectivity index is 3.52. The maximum absolute atomic E-state index is 12.6. The number of nitrogens with zero attached hydrogens (tertiary/aromatic N) is 1. The van der Waals surface area contributed by atoms with Gasteiger partial charge in [0, 0.05) is 5.92 Å². The van der Waals surface area contributed by atoms with Gasteiger partial charge in [-0.05, 0) is 31.4 Å². The minimum atomic E-state index is -1.36. The molecule has 0 amide bonds. The minimum absolute atomic E-state index is 0.193. The molecule has 4 nitrogen and oxygen atoms in total. The highest BCUT2D eigenvalue weighted by molar-refractivity contribution is 5.82. The molecule has 0 radical (unpaired) electrons. The van der Waals surface area contributed by atoms with E-state index in [-0.39, 0.29) is 13.0 Å². The Hall–Kier alpha value is -2.54. The molecular weight excluding hydrogens is 290 g/mol. The molecule has 0 aromatic heterocycles. The standard InChI is InChI=1S/C19H23NO3/c1-5-10-16(15-11-8-9-12-17(15)22-4)19(14-20,13-6-2)18(21)23-7-3/h5-6,8-9,11-12,16H,1-2,7,10,13H2,3-4H3. The third kappa shape index (κ3) is 3.81. The maximum Gasteiger partial charge on any atom is 0.327 e. The molecule has 0 aliphatic rings. The van der Waals surface area contributed by atoms with E-state index in [1.54, 1.807) is 26.2 Å². The molecule has 0 aliphatic heterocycles. The summed E-state index contributed by atoms with van der Waals surface area (Å²) in [6.45, 7) is 9.40. The van der Waals surface area contributed by atoms with Gasteiger partial charge in [0.1, 0.15) is 5.75 Å². The molecule has 0 N–H and O–H groups in total. The van der Waals surface area contributed by atoms with E-state index in [9.17, 15) is 10.1 Å². The number of hydrogen-bond donors (Lipinski definition) is 0. The van der Waals surface area contributed by atoms with Crippen molar-refractivity contribution < 1.29 is 14.3 Å². The number of carbonyl (C=O) groups excluding carboxylic acids is 1. The van der Waals surface area contributed by atoms with Gasteiger partial charge in [0.25, 0.3) is 0 Å². The SMILES string of the molecule is C=CCC(c1ccccc1OC)C(C#N)(CC=C)C(=O)OCC. The van der Waals surface area contributed by atoms with Crippen LogP contribution < -0.4 is 4.74 Å². The first-order valence-corrected chi connectivity index (χ1v) is 7.54. The van der Waals surface area contributed by atoms with E-state index in [1.165, 1.54) is 0 Å². The van der Waals surface area contributed by atoms with Gasteiger partial charge in [-0.25, -0.2) is 0 Å². The molecule has 2 atom stereocenters. The van der Waals surface area contributed by atoms with Gasteiger partial charge in [0.05, 0.1) is 19.8 Å². The van der Waals surface area contributed by atoms with Crippen molar-refractivity contribution in [2.75, 3.05) is 13.7 Å². The zero-order valence-corrected chi connectivity index (χ0v) is 13.7. The van der Waals surface area contributed by atoms with Gasteiger partial charge in [-0.1, -0.05) is 30.4 Å². The molecule has 0 saturated heterocycles. The van der Waals surface area contributed by atoms with Crippen LogP contribution in [0.3, 0.4) is 0 Å². The number of para-hydroxylation sites is 1. The number of allylic oxidation sites excluding steroid dienone is 2. The lowest BCUT2D eigenvalue weighted by atomic mass is 9.69. The van der Waals surface area contributed by atoms with Crippen LogP contribution in [0.4, 0.5) is 0 Å². The van der Waals surface area contributed by atoms with Gasteiger partial charge in [-0.3, -0.25) is 4.79 Å². The Morgan fingerprint density at radius 2 is 2.09 bits per heavy atom. The first kappa shape index (κ1) is 18.5. The molecule has 2 unspecified atom stereocenters. The number of hydrogen-bond acceptors (Lipinski definition) is 4. The third-order valence-electron chi connectivity index (χ3n) is 3.82. The lowest BCUT2D eigenvalue weighted by molar-refractivity contribution is -0.153. The smallest absolute Gasteiger partial charge is 0.327 e. The number of nitriles is 1. The maximum atomic E-state index is 12.6. The van der Waals surface area contributed by atoms with E-state index in [4.69, 9.17) is 9.47 Å². The Morgan fingerprint density at radius 3 is 2.61 bits per heavy atom. The van der Waals surface area contributed by atoms with Crippen LogP contribution >= 0.6 is 0 Å². The largest absolute Gasteiger partial charge is 0.496 e. The summed E-state index contributed by atoms with van der Waals surface area (Å²) in [5, 5.41) is 9.85. The molecule has 1 aromatic rings. The molecule has 0 saturated carbocycles. The average Bonchev–Trinajstić information content (AvgIpc) is 2.58. The lowest BCUT2D eigenvalue weighted by Gasteiger charge is -2.32. The van der Waals surface area contributed by atoms with E-state index in [2.05, 4.69) is 19.2 Å². The van der Waals surface area contributed by atoms with Crippen LogP contribution in [-0.2, 0) is 9.53 Å². The summed E-state index contributed by atoms with van der Waals surface area (Å²) < 4.78 is 10.6. The summed E-state index contributed by atoms with van der Waals surface area (Å²) in [5.41, 5.74) is -0.577. The summed E-state index contributed by atoms with van der Waals surface area (Å²) in [6, 6.07) is 9.56. The summed E-state index contributed by atoms with van der Waals surface area (Å²) in [5.74, 6) is -0.342. The Morgan fingerprint density at radius 1 is 1.39 bits per heavy atom. The monoisotopic (exact) mass is 313 g/mol. The van der Waals surface area contributed by atoms with E-state index in [0.717, 1.165) is 5.56 Å². The first-order valence-electron chi connectivity index (χ1n) is 7.54. The molecule has 4 heteroatoms. The van der Waals surface area contributed by atoms with Gasteiger partial charge in [0.2, 0.25) is 0 Å². The summed E-state index contributed by atoms with van der Waals surface area (Å²) in [4.78, 5) is 12.6. The summed E-state index contributed by atoms with van der Waals surface area (Å²) >= 11 is 0. The molecule has 0 fully saturated rings. The molecule has 0 heterocycles. The van der Waals surface area contributed by atoms with Crippen molar-refractivity contribution in [3.63, 3.8) is 0 Å². The van der Waals surface area contributed by atoms with Crippen LogP contribution in [0.5, 0.6) is 5.75 Å². The Labute approximate surface area is 138 Å². The van der Waals surface area contributed by atoms with Crippen molar-refractivity contribution in [1.29, 1.82) is 5.26 Å². The topological polar surface area (TPSA) is 59.3 Å². The van der Waals surface area contributed by atoms with E-state index >= 15 is 0 Å². The first-order chi connectivity index (χ1) is 11.1. The number of esters is 1. The normalized spacial score (nSPS) is 14.0. The van der Waals surface area contributed by atoms with Crippen LogP contribution in [0.2, 0.25) is 0 Å². The van der Waals surface area contributed by atoms with Gasteiger partial charge in [-0.15, -0.1) is 13.2 Å². The molecule has 1 rings (SSSR count). The summed E-state index contributed by atoms with van der Waals surface area (Å²) in [6.07, 6.45) is 3.91. The average molecular weight is 313 g/mol. The van der Waals surface area contributed by atoms with Crippen molar-refractivity contribution >= 4 is 5.97 Å². The van der Waals surface area contributed by atoms with Crippen molar-refractivity contribution in [2.45, 2.75) is 25.7 Å². The van der Waals surface area contributed by atoms with Crippen molar-refractivity contribution in [3.8, 4) is 11.8 Å². The second kappa shape index (κ2) is 8.79. The lowest BCUT2D eigenvalue weighted by Crippen LogP contribution is -2.37. The second-order valence-corrected chi connectivity index (χ2v) is 5.12. The number of ether oxygens (including phenoxy) is 2. The highest BCUT2D eigenvalue weighted by Gasteiger charge is 2.47. The van der Waals surface area contributed by atoms with Crippen LogP contribution in [0, 0.1) is 16.7 Å². The predicted molar refractivity (Wildman–Crippen MR) is 90.0 cm³/mol. The van der Waals surface area contributed by atoms with Gasteiger partial charge in [-0.2, -0.15) is 5.26 Å². The van der Waals surface area contributed by atoms with Gasteiger partial charge in [0.15, 0.2) is 5.41 Å². The fourth-order valence-electron chi connectivity index (χ4n) is 2.74. The van der Waals surface area contributed by atoms with E-state index < -0.39 is 17.3 Å². The van der Waals surface area contributed by atoms with Crippen LogP contribution in [0.25, 0.3) is 0 Å². The molecule has 1 aromatic carbocycles. The number of rotatable bonds is 9. The van der Waals surface area contributed by atoms with E-state index in [0.29, 0.717) is 12.2 Å². The molecular formula is C19H23NO3. The van der Waals surface area contributed by atoms with Crippen LogP contribution in [0.15, 0.2) is 49.6 Å². The van der Waals surface area contributed by atoms with Crippen LogP contribution in [0.1, 0.15) is 31.2 Å². The third-order valence-corrected chi connectivity index (χ3v) is 3.82. The zero-order chi connectivity index (χ0) is 17.3. The highest BCUT2D eigenvalue weighted by Crippen LogP contribution is 2.45. The molecule has 0 spiro atoms. The second-order valence-electron chi connectivity index (χ2n) is 5.12.